The van der Waals surface area contributed by atoms with Crippen molar-refractivity contribution in [1.29, 1.82) is 0 Å². The SMILES string of the molecule is CCNC(=NCCCn1ccc2ccccc21)NCCC(=O)N1CCc2sccc2C1.I. The highest BCUT2D eigenvalue weighted by Gasteiger charge is 2.20. The number of halogens is 1. The van der Waals surface area contributed by atoms with Crippen LogP contribution in [-0.2, 0) is 24.3 Å². The van der Waals surface area contributed by atoms with Gasteiger partial charge in [0.25, 0.3) is 0 Å². The van der Waals surface area contributed by atoms with E-state index in [9.17, 15) is 4.79 Å². The smallest absolute Gasteiger partial charge is 0.224 e. The highest BCUT2D eigenvalue weighted by Crippen LogP contribution is 2.24. The van der Waals surface area contributed by atoms with Gasteiger partial charge in [-0.1, -0.05) is 18.2 Å². The van der Waals surface area contributed by atoms with Crippen LogP contribution in [0, 0.1) is 0 Å². The molecule has 0 unspecified atom stereocenters. The Morgan fingerprint density at radius 2 is 2.06 bits per heavy atom. The van der Waals surface area contributed by atoms with E-state index in [4.69, 9.17) is 0 Å². The van der Waals surface area contributed by atoms with Gasteiger partial charge in [0, 0.05) is 62.3 Å². The van der Waals surface area contributed by atoms with Crippen LogP contribution in [0.3, 0.4) is 0 Å². The minimum absolute atomic E-state index is 0. The molecule has 0 spiro atoms. The number of aryl methyl sites for hydroxylation is 1. The van der Waals surface area contributed by atoms with Crippen molar-refractivity contribution in [3.8, 4) is 0 Å². The molecule has 0 aliphatic carbocycles. The van der Waals surface area contributed by atoms with E-state index in [0.717, 1.165) is 51.5 Å². The lowest BCUT2D eigenvalue weighted by atomic mass is 10.1. The Hall–Kier alpha value is -2.07. The number of thiophene rings is 1. The third kappa shape index (κ3) is 6.25. The number of nitrogens with one attached hydrogen (secondary N) is 2. The molecule has 1 aromatic carbocycles. The van der Waals surface area contributed by atoms with Crippen LogP contribution in [0.4, 0.5) is 0 Å². The number of carbonyl (C=O) groups is 1. The summed E-state index contributed by atoms with van der Waals surface area (Å²) in [5.74, 6) is 0.992. The van der Waals surface area contributed by atoms with Gasteiger partial charge in [-0.05, 0) is 54.3 Å². The maximum absolute atomic E-state index is 12.6. The van der Waals surface area contributed by atoms with Crippen molar-refractivity contribution in [2.75, 3.05) is 26.2 Å². The minimum Gasteiger partial charge on any atom is -0.357 e. The topological polar surface area (TPSA) is 61.7 Å². The van der Waals surface area contributed by atoms with E-state index in [1.54, 1.807) is 11.3 Å². The molecule has 2 aromatic heterocycles. The van der Waals surface area contributed by atoms with Gasteiger partial charge in [-0.3, -0.25) is 9.79 Å². The molecule has 172 valence electrons. The number of aromatic nitrogens is 1. The number of benzene rings is 1. The molecule has 0 saturated carbocycles. The summed E-state index contributed by atoms with van der Waals surface area (Å²) < 4.78 is 2.28. The van der Waals surface area contributed by atoms with Crippen molar-refractivity contribution in [3.63, 3.8) is 0 Å². The fourth-order valence-corrected chi connectivity index (χ4v) is 4.91. The summed E-state index contributed by atoms with van der Waals surface area (Å²) in [5.41, 5.74) is 2.57. The zero-order valence-corrected chi connectivity index (χ0v) is 21.7. The number of fused-ring (bicyclic) bond motifs is 2. The number of aliphatic imine (C=N–C) groups is 1. The summed E-state index contributed by atoms with van der Waals surface area (Å²) in [6.07, 6.45) is 4.57. The molecular formula is C24H32IN5OS. The van der Waals surface area contributed by atoms with Crippen molar-refractivity contribution >= 4 is 58.1 Å². The zero-order chi connectivity index (χ0) is 21.5. The molecular weight excluding hydrogens is 533 g/mol. The Morgan fingerprint density at radius 1 is 1.19 bits per heavy atom. The Bertz CT molecular complexity index is 1040. The molecule has 4 rings (SSSR count). The van der Waals surface area contributed by atoms with E-state index in [-0.39, 0.29) is 29.9 Å². The normalized spacial score (nSPS) is 13.5. The van der Waals surface area contributed by atoms with Gasteiger partial charge in [-0.25, -0.2) is 0 Å². The summed E-state index contributed by atoms with van der Waals surface area (Å²) in [7, 11) is 0. The van der Waals surface area contributed by atoms with Crippen LogP contribution in [0.15, 0.2) is 53.0 Å². The summed E-state index contributed by atoms with van der Waals surface area (Å²) >= 11 is 1.80. The van der Waals surface area contributed by atoms with Crippen LogP contribution >= 0.6 is 35.3 Å². The van der Waals surface area contributed by atoms with Gasteiger partial charge < -0.3 is 20.1 Å². The first-order chi connectivity index (χ1) is 15.2. The minimum atomic E-state index is 0. The lowest BCUT2D eigenvalue weighted by Crippen LogP contribution is -2.41. The molecule has 2 N–H and O–H groups in total. The highest BCUT2D eigenvalue weighted by atomic mass is 127. The molecule has 1 amide bonds. The number of nitrogens with zero attached hydrogens (tertiary/aromatic N) is 3. The molecule has 1 aliphatic rings. The molecule has 0 fully saturated rings. The Labute approximate surface area is 211 Å². The summed E-state index contributed by atoms with van der Waals surface area (Å²) in [6, 6.07) is 12.7. The average Bonchev–Trinajstić information content (AvgIpc) is 3.43. The number of guanidine groups is 1. The predicted molar refractivity (Wildman–Crippen MR) is 144 cm³/mol. The third-order valence-corrected chi connectivity index (χ3v) is 6.67. The van der Waals surface area contributed by atoms with Gasteiger partial charge in [0.1, 0.15) is 0 Å². The fraction of sp³-hybridized carbons (Fsp3) is 0.417. The number of carbonyl (C=O) groups excluding carboxylic acids is 1. The van der Waals surface area contributed by atoms with Gasteiger partial charge >= 0.3 is 0 Å². The Balaban J connectivity index is 0.00000289. The lowest BCUT2D eigenvalue weighted by Gasteiger charge is -2.27. The summed E-state index contributed by atoms with van der Waals surface area (Å²) in [6.45, 7) is 6.71. The van der Waals surface area contributed by atoms with Crippen LogP contribution in [0.1, 0.15) is 30.2 Å². The van der Waals surface area contributed by atoms with E-state index >= 15 is 0 Å². The largest absolute Gasteiger partial charge is 0.357 e. The number of amides is 1. The maximum atomic E-state index is 12.6. The molecule has 6 nitrogen and oxygen atoms in total. The fourth-order valence-electron chi connectivity index (χ4n) is 4.02. The van der Waals surface area contributed by atoms with Gasteiger partial charge in [-0.2, -0.15) is 0 Å². The first kappa shape index (κ1) is 24.6. The van der Waals surface area contributed by atoms with E-state index < -0.39 is 0 Å². The molecule has 8 heteroatoms. The first-order valence-electron chi connectivity index (χ1n) is 11.1. The van der Waals surface area contributed by atoms with E-state index in [1.165, 1.54) is 21.3 Å². The van der Waals surface area contributed by atoms with Crippen LogP contribution in [0.5, 0.6) is 0 Å². The van der Waals surface area contributed by atoms with Crippen molar-refractivity contribution in [3.05, 3.63) is 58.4 Å². The number of hydrogen-bond acceptors (Lipinski definition) is 3. The number of para-hydroxylation sites is 1. The standard InChI is InChI=1S/C24H31N5OS.HI/c1-2-25-24(26-12-5-14-28-15-9-19-6-3-4-7-21(19)28)27-13-8-23(30)29-16-10-22-20(18-29)11-17-31-22;/h3-4,6-7,9,11,15,17H,2,5,8,10,12-14,16,18H2,1H3,(H2,25,26,27);1H. The van der Waals surface area contributed by atoms with Crippen LogP contribution in [0.25, 0.3) is 10.9 Å². The molecule has 1 aliphatic heterocycles. The van der Waals surface area contributed by atoms with Crippen molar-refractivity contribution in [2.24, 2.45) is 4.99 Å². The second kappa shape index (κ2) is 12.2. The third-order valence-electron chi connectivity index (χ3n) is 5.64. The van der Waals surface area contributed by atoms with Gasteiger partial charge in [-0.15, -0.1) is 35.3 Å². The second-order valence-electron chi connectivity index (χ2n) is 7.79. The quantitative estimate of drug-likeness (QED) is 0.186. The average molecular weight is 566 g/mol. The molecule has 3 heterocycles. The van der Waals surface area contributed by atoms with E-state index in [0.29, 0.717) is 13.0 Å². The highest BCUT2D eigenvalue weighted by molar-refractivity contribution is 14.0. The van der Waals surface area contributed by atoms with E-state index in [2.05, 4.69) is 75.1 Å². The van der Waals surface area contributed by atoms with Crippen molar-refractivity contribution in [2.45, 2.75) is 39.3 Å². The van der Waals surface area contributed by atoms with E-state index in [1.807, 2.05) is 4.90 Å². The predicted octanol–water partition coefficient (Wildman–Crippen LogP) is 4.24. The molecule has 0 bridgehead atoms. The monoisotopic (exact) mass is 565 g/mol. The second-order valence-corrected chi connectivity index (χ2v) is 8.79. The van der Waals surface area contributed by atoms with Crippen LogP contribution in [0.2, 0.25) is 0 Å². The summed E-state index contributed by atoms with van der Waals surface area (Å²) in [5, 5.41) is 9.99. The lowest BCUT2D eigenvalue weighted by molar-refractivity contribution is -0.131. The van der Waals surface area contributed by atoms with Crippen molar-refractivity contribution < 1.29 is 4.79 Å². The van der Waals surface area contributed by atoms with Crippen molar-refractivity contribution in [1.82, 2.24) is 20.1 Å². The van der Waals surface area contributed by atoms with Gasteiger partial charge in [0.2, 0.25) is 5.91 Å². The maximum Gasteiger partial charge on any atom is 0.224 e. The molecule has 32 heavy (non-hydrogen) atoms. The zero-order valence-electron chi connectivity index (χ0n) is 18.5. The van der Waals surface area contributed by atoms with Gasteiger partial charge in [0.05, 0.1) is 0 Å². The Morgan fingerprint density at radius 3 is 2.94 bits per heavy atom. The molecule has 0 radical (unpaired) electrons. The molecule has 3 aromatic rings. The van der Waals surface area contributed by atoms with Crippen LogP contribution < -0.4 is 10.6 Å². The number of hydrogen-bond donors (Lipinski definition) is 2. The summed E-state index contributed by atoms with van der Waals surface area (Å²) in [4.78, 5) is 20.7. The molecule has 0 atom stereocenters. The Kier molecular flexibility index (Phi) is 9.40. The number of rotatable bonds is 8. The van der Waals surface area contributed by atoms with Crippen LogP contribution in [-0.4, -0.2) is 47.5 Å². The molecule has 0 saturated heterocycles. The first-order valence-corrected chi connectivity index (χ1v) is 12.0. The van der Waals surface area contributed by atoms with Gasteiger partial charge in [0.15, 0.2) is 5.96 Å².